The van der Waals surface area contributed by atoms with Crippen molar-refractivity contribution >= 4 is 11.9 Å². The summed E-state index contributed by atoms with van der Waals surface area (Å²) < 4.78 is 10.6. The summed E-state index contributed by atoms with van der Waals surface area (Å²) in [5.74, 6) is 2.19. The fraction of sp³-hybridized carbons (Fsp3) is 0.389. The van der Waals surface area contributed by atoms with Crippen LogP contribution >= 0.6 is 0 Å². The Kier molecular flexibility index (Phi) is 5.33. The van der Waals surface area contributed by atoms with E-state index in [2.05, 4.69) is 14.9 Å². The molecule has 1 aromatic carbocycles. The first-order valence-electron chi connectivity index (χ1n) is 8.22. The summed E-state index contributed by atoms with van der Waals surface area (Å²) in [7, 11) is 3.21. The lowest BCUT2D eigenvalue weighted by Gasteiger charge is -2.34. The Balaban J connectivity index is 1.60. The summed E-state index contributed by atoms with van der Waals surface area (Å²) in [5.41, 5.74) is 0.863. The van der Waals surface area contributed by atoms with Crippen LogP contribution in [0, 0.1) is 0 Å². The second-order valence-electron chi connectivity index (χ2n) is 5.77. The van der Waals surface area contributed by atoms with E-state index in [0.29, 0.717) is 37.0 Å². The van der Waals surface area contributed by atoms with E-state index >= 15 is 0 Å². The van der Waals surface area contributed by atoms with Gasteiger partial charge in [0.15, 0.2) is 0 Å². The van der Waals surface area contributed by atoms with Crippen LogP contribution in [0.25, 0.3) is 0 Å². The number of amides is 1. The van der Waals surface area contributed by atoms with E-state index in [1.807, 2.05) is 17.0 Å². The SMILES string of the molecule is COc1ccc(CC(=O)N2CCN(c3ncccn3)CC2)c(OC)c1. The number of aromatic nitrogens is 2. The van der Waals surface area contributed by atoms with Crippen LogP contribution in [-0.2, 0) is 11.2 Å². The summed E-state index contributed by atoms with van der Waals surface area (Å²) in [6.07, 6.45) is 3.78. The van der Waals surface area contributed by atoms with E-state index in [1.165, 1.54) is 0 Å². The molecule has 0 radical (unpaired) electrons. The first kappa shape index (κ1) is 17.0. The van der Waals surface area contributed by atoms with Crippen molar-refractivity contribution in [2.45, 2.75) is 6.42 Å². The van der Waals surface area contributed by atoms with Gasteiger partial charge in [-0.05, 0) is 12.1 Å². The lowest BCUT2D eigenvalue weighted by atomic mass is 10.1. The van der Waals surface area contributed by atoms with Gasteiger partial charge in [0.05, 0.1) is 20.6 Å². The molecule has 7 nitrogen and oxygen atoms in total. The van der Waals surface area contributed by atoms with Gasteiger partial charge in [-0.15, -0.1) is 0 Å². The highest BCUT2D eigenvalue weighted by Crippen LogP contribution is 2.25. The van der Waals surface area contributed by atoms with E-state index in [1.54, 1.807) is 38.7 Å². The minimum absolute atomic E-state index is 0.0945. The molecule has 1 amide bonds. The molecule has 1 saturated heterocycles. The lowest BCUT2D eigenvalue weighted by molar-refractivity contribution is -0.130. The number of rotatable bonds is 5. The average Bonchev–Trinajstić information content (AvgIpc) is 2.69. The Hall–Kier alpha value is -2.83. The third-order valence-electron chi connectivity index (χ3n) is 4.30. The van der Waals surface area contributed by atoms with Crippen molar-refractivity contribution in [2.75, 3.05) is 45.3 Å². The zero-order valence-corrected chi connectivity index (χ0v) is 14.5. The normalized spacial score (nSPS) is 14.3. The van der Waals surface area contributed by atoms with Crippen LogP contribution in [0.4, 0.5) is 5.95 Å². The van der Waals surface area contributed by atoms with E-state index < -0.39 is 0 Å². The highest BCUT2D eigenvalue weighted by molar-refractivity contribution is 5.80. The molecule has 1 aliphatic rings. The largest absolute Gasteiger partial charge is 0.497 e. The molecule has 7 heteroatoms. The summed E-state index contributed by atoms with van der Waals surface area (Å²) >= 11 is 0. The van der Waals surface area contributed by atoms with Crippen molar-refractivity contribution in [3.63, 3.8) is 0 Å². The van der Waals surface area contributed by atoms with Crippen molar-refractivity contribution in [3.05, 3.63) is 42.2 Å². The lowest BCUT2D eigenvalue weighted by Crippen LogP contribution is -2.49. The summed E-state index contributed by atoms with van der Waals surface area (Å²) in [4.78, 5) is 25.1. The van der Waals surface area contributed by atoms with E-state index in [9.17, 15) is 4.79 Å². The fourth-order valence-corrected chi connectivity index (χ4v) is 2.88. The van der Waals surface area contributed by atoms with Crippen LogP contribution in [-0.4, -0.2) is 61.2 Å². The predicted octanol–water partition coefficient (Wildman–Crippen LogP) is 1.39. The number of carbonyl (C=O) groups excluding carboxylic acids is 1. The smallest absolute Gasteiger partial charge is 0.227 e. The van der Waals surface area contributed by atoms with Gasteiger partial charge in [-0.2, -0.15) is 0 Å². The Bertz CT molecular complexity index is 716. The molecule has 0 bridgehead atoms. The van der Waals surface area contributed by atoms with Gasteiger partial charge in [0, 0.05) is 50.2 Å². The molecule has 1 aromatic heterocycles. The van der Waals surface area contributed by atoms with Crippen molar-refractivity contribution in [2.24, 2.45) is 0 Å². The first-order chi connectivity index (χ1) is 12.2. The number of anilines is 1. The van der Waals surface area contributed by atoms with Crippen LogP contribution in [0.5, 0.6) is 11.5 Å². The molecule has 0 unspecified atom stereocenters. The molecule has 0 spiro atoms. The minimum atomic E-state index is 0.0945. The maximum atomic E-state index is 12.6. The number of benzene rings is 1. The molecule has 132 valence electrons. The van der Waals surface area contributed by atoms with Crippen LogP contribution in [0.2, 0.25) is 0 Å². The molecule has 2 aromatic rings. The Morgan fingerprint density at radius 3 is 2.44 bits per heavy atom. The number of nitrogens with zero attached hydrogens (tertiary/aromatic N) is 4. The quantitative estimate of drug-likeness (QED) is 0.818. The molecule has 0 saturated carbocycles. The van der Waals surface area contributed by atoms with Gasteiger partial charge < -0.3 is 19.3 Å². The summed E-state index contributed by atoms with van der Waals surface area (Å²) in [5, 5.41) is 0. The number of ether oxygens (including phenoxy) is 2. The van der Waals surface area contributed by atoms with Gasteiger partial charge in [0.25, 0.3) is 0 Å². The third kappa shape index (κ3) is 3.99. The maximum absolute atomic E-state index is 12.6. The molecule has 1 aliphatic heterocycles. The van der Waals surface area contributed by atoms with Crippen molar-refractivity contribution < 1.29 is 14.3 Å². The predicted molar refractivity (Wildman–Crippen MR) is 94.1 cm³/mol. The van der Waals surface area contributed by atoms with Crippen molar-refractivity contribution in [1.82, 2.24) is 14.9 Å². The van der Waals surface area contributed by atoms with Gasteiger partial charge in [0.1, 0.15) is 11.5 Å². The summed E-state index contributed by atoms with van der Waals surface area (Å²) in [6, 6.07) is 7.32. The van der Waals surface area contributed by atoms with Crippen LogP contribution < -0.4 is 14.4 Å². The van der Waals surface area contributed by atoms with Crippen LogP contribution in [0.15, 0.2) is 36.7 Å². The molecule has 1 fully saturated rings. The maximum Gasteiger partial charge on any atom is 0.227 e. The third-order valence-corrected chi connectivity index (χ3v) is 4.30. The van der Waals surface area contributed by atoms with Crippen molar-refractivity contribution in [1.29, 1.82) is 0 Å². The number of hydrogen-bond acceptors (Lipinski definition) is 6. The topological polar surface area (TPSA) is 67.8 Å². The molecular weight excluding hydrogens is 320 g/mol. The van der Waals surface area contributed by atoms with Gasteiger partial charge in [-0.25, -0.2) is 9.97 Å². The van der Waals surface area contributed by atoms with Gasteiger partial charge in [-0.1, -0.05) is 6.07 Å². The van der Waals surface area contributed by atoms with Crippen LogP contribution in [0.3, 0.4) is 0 Å². The van der Waals surface area contributed by atoms with Crippen LogP contribution in [0.1, 0.15) is 5.56 Å². The molecule has 0 aliphatic carbocycles. The first-order valence-corrected chi connectivity index (χ1v) is 8.22. The number of methoxy groups -OCH3 is 2. The number of piperazine rings is 1. The molecular formula is C18H22N4O3. The Labute approximate surface area is 147 Å². The summed E-state index contributed by atoms with van der Waals surface area (Å²) in [6.45, 7) is 2.79. The molecule has 25 heavy (non-hydrogen) atoms. The highest BCUT2D eigenvalue weighted by atomic mass is 16.5. The second-order valence-corrected chi connectivity index (χ2v) is 5.77. The molecule has 2 heterocycles. The zero-order valence-electron chi connectivity index (χ0n) is 14.5. The van der Waals surface area contributed by atoms with Gasteiger partial charge in [0.2, 0.25) is 11.9 Å². The Morgan fingerprint density at radius 1 is 1.08 bits per heavy atom. The molecule has 3 rings (SSSR count). The second kappa shape index (κ2) is 7.83. The Morgan fingerprint density at radius 2 is 1.80 bits per heavy atom. The fourth-order valence-electron chi connectivity index (χ4n) is 2.88. The highest BCUT2D eigenvalue weighted by Gasteiger charge is 2.23. The zero-order chi connectivity index (χ0) is 17.6. The standard InChI is InChI=1S/C18H22N4O3/c1-24-15-5-4-14(16(13-15)25-2)12-17(23)21-8-10-22(11-9-21)18-19-6-3-7-20-18/h3-7,13H,8-12H2,1-2H3. The van der Waals surface area contributed by atoms with Crippen molar-refractivity contribution in [3.8, 4) is 11.5 Å². The van der Waals surface area contributed by atoms with E-state index in [4.69, 9.17) is 9.47 Å². The van der Waals surface area contributed by atoms with Gasteiger partial charge >= 0.3 is 0 Å². The monoisotopic (exact) mass is 342 g/mol. The van der Waals surface area contributed by atoms with E-state index in [-0.39, 0.29) is 5.91 Å². The minimum Gasteiger partial charge on any atom is -0.497 e. The van der Waals surface area contributed by atoms with Gasteiger partial charge in [-0.3, -0.25) is 4.79 Å². The van der Waals surface area contributed by atoms with E-state index in [0.717, 1.165) is 18.7 Å². The number of carbonyl (C=O) groups is 1. The number of hydrogen-bond donors (Lipinski definition) is 0. The molecule has 0 N–H and O–H groups in total. The average molecular weight is 342 g/mol. The molecule has 0 atom stereocenters.